The van der Waals surface area contributed by atoms with Crippen molar-refractivity contribution in [2.45, 2.75) is 77.6 Å². The van der Waals surface area contributed by atoms with Crippen molar-refractivity contribution in [3.63, 3.8) is 0 Å². The Morgan fingerprint density at radius 1 is 0.783 bits per heavy atom. The van der Waals surface area contributed by atoms with Gasteiger partial charge >= 0.3 is 0 Å². The number of methoxy groups -OCH3 is 1. The first-order valence-corrected chi connectivity index (χ1v) is 8.37. The predicted octanol–water partition coefficient (Wildman–Crippen LogP) is 3.55. The smallest absolute Gasteiger partial charge is 0.131 e. The molecule has 132 valence electrons. The third kappa shape index (κ3) is 3.87. The van der Waals surface area contributed by atoms with E-state index in [4.69, 9.17) is 4.74 Å². The molecule has 1 aromatic rings. The number of benzene rings is 1. The maximum absolute atomic E-state index is 10.8. The normalized spacial score (nSPS) is 19.6. The van der Waals surface area contributed by atoms with Crippen LogP contribution in [0.3, 0.4) is 0 Å². The minimum Gasteiger partial charge on any atom is -0.496 e. The molecule has 0 aliphatic heterocycles. The highest BCUT2D eigenvalue weighted by atomic mass is 16.5. The molecule has 0 radical (unpaired) electrons. The van der Waals surface area contributed by atoms with Crippen LogP contribution in [0.2, 0.25) is 0 Å². The zero-order chi connectivity index (χ0) is 18.1. The lowest BCUT2D eigenvalue weighted by Gasteiger charge is -2.33. The van der Waals surface area contributed by atoms with Crippen molar-refractivity contribution in [1.82, 2.24) is 0 Å². The van der Waals surface area contributed by atoms with Gasteiger partial charge in [-0.05, 0) is 57.7 Å². The second kappa shape index (κ2) is 6.80. The van der Waals surface area contributed by atoms with Crippen molar-refractivity contribution in [1.29, 1.82) is 0 Å². The zero-order valence-corrected chi connectivity index (χ0v) is 15.5. The van der Waals surface area contributed by atoms with Crippen molar-refractivity contribution in [3.8, 4) is 5.75 Å². The minimum atomic E-state index is -1.11. The van der Waals surface area contributed by atoms with Gasteiger partial charge in [-0.25, -0.2) is 0 Å². The Hall–Kier alpha value is -1.10. The Morgan fingerprint density at radius 2 is 1.13 bits per heavy atom. The molecule has 0 aromatic heterocycles. The molecular weight excluding hydrogens is 292 g/mol. The molecule has 0 saturated heterocycles. The topological polar surface area (TPSA) is 69.9 Å². The van der Waals surface area contributed by atoms with E-state index in [1.165, 1.54) is 7.11 Å². The van der Waals surface area contributed by atoms with Crippen LogP contribution in [-0.2, 0) is 16.8 Å². The number of aliphatic hydroxyl groups is 3. The zero-order valence-electron chi connectivity index (χ0n) is 15.5. The van der Waals surface area contributed by atoms with Crippen LogP contribution in [0, 0.1) is 0 Å². The number of ether oxygens (including phenoxy) is 1. The van der Waals surface area contributed by atoms with Crippen LogP contribution < -0.4 is 4.74 Å². The standard InChI is InChI=1S/C19H32O4/c1-8-17(4,20)13-11-14(18(5,21)9-2)16(23-7)15(12-13)19(6,22)10-3/h11-12,20-22H,8-10H2,1-7H3. The molecule has 23 heavy (non-hydrogen) atoms. The molecule has 1 rings (SSSR count). The lowest BCUT2D eigenvalue weighted by Crippen LogP contribution is -2.29. The fourth-order valence-corrected chi connectivity index (χ4v) is 2.54. The molecule has 3 N–H and O–H groups in total. The summed E-state index contributed by atoms with van der Waals surface area (Å²) in [6.07, 6.45) is 1.52. The number of rotatable bonds is 7. The third-order valence-corrected chi connectivity index (χ3v) is 5.14. The van der Waals surface area contributed by atoms with Crippen LogP contribution in [0.25, 0.3) is 0 Å². The molecule has 0 fully saturated rings. The molecule has 0 amide bonds. The molecule has 4 nitrogen and oxygen atoms in total. The van der Waals surface area contributed by atoms with Crippen LogP contribution in [0.4, 0.5) is 0 Å². The van der Waals surface area contributed by atoms with Crippen molar-refractivity contribution >= 4 is 0 Å². The first-order valence-electron chi connectivity index (χ1n) is 8.37. The molecule has 0 heterocycles. The molecule has 3 atom stereocenters. The summed E-state index contributed by atoms with van der Waals surface area (Å²) < 4.78 is 5.55. The summed E-state index contributed by atoms with van der Waals surface area (Å²) in [6.45, 7) is 10.9. The van der Waals surface area contributed by atoms with Gasteiger partial charge < -0.3 is 20.1 Å². The SMILES string of the molecule is CCC(C)(O)c1cc(C(C)(O)CC)c(OC)c(C(C)(O)CC)c1. The quantitative estimate of drug-likeness (QED) is 0.717. The van der Waals surface area contributed by atoms with E-state index in [2.05, 4.69) is 0 Å². The average molecular weight is 324 g/mol. The molecule has 0 aliphatic rings. The van der Waals surface area contributed by atoms with E-state index in [9.17, 15) is 15.3 Å². The van der Waals surface area contributed by atoms with Gasteiger partial charge in [0.1, 0.15) is 5.75 Å². The van der Waals surface area contributed by atoms with Crippen LogP contribution in [0.15, 0.2) is 12.1 Å². The van der Waals surface area contributed by atoms with Gasteiger partial charge in [-0.15, -0.1) is 0 Å². The van der Waals surface area contributed by atoms with E-state index in [0.717, 1.165) is 0 Å². The van der Waals surface area contributed by atoms with E-state index in [1.807, 2.05) is 20.8 Å². The highest BCUT2D eigenvalue weighted by molar-refractivity contribution is 5.51. The first-order chi connectivity index (χ1) is 10.5. The molecule has 0 aliphatic carbocycles. The van der Waals surface area contributed by atoms with E-state index >= 15 is 0 Å². The van der Waals surface area contributed by atoms with Crippen LogP contribution in [0.5, 0.6) is 5.75 Å². The monoisotopic (exact) mass is 324 g/mol. The lowest BCUT2D eigenvalue weighted by atomic mass is 9.80. The van der Waals surface area contributed by atoms with Gasteiger partial charge in [-0.1, -0.05) is 20.8 Å². The lowest BCUT2D eigenvalue weighted by molar-refractivity contribution is 0.0358. The number of hydrogen-bond donors (Lipinski definition) is 3. The van der Waals surface area contributed by atoms with Crippen molar-refractivity contribution in [3.05, 3.63) is 28.8 Å². The van der Waals surface area contributed by atoms with E-state index < -0.39 is 16.8 Å². The second-order valence-corrected chi connectivity index (χ2v) is 6.99. The van der Waals surface area contributed by atoms with Crippen molar-refractivity contribution in [2.24, 2.45) is 0 Å². The Balaban J connectivity index is 3.82. The summed E-state index contributed by atoms with van der Waals surface area (Å²) in [4.78, 5) is 0. The maximum Gasteiger partial charge on any atom is 0.131 e. The average Bonchev–Trinajstić information content (AvgIpc) is 2.53. The predicted molar refractivity (Wildman–Crippen MR) is 92.6 cm³/mol. The van der Waals surface area contributed by atoms with E-state index in [0.29, 0.717) is 41.7 Å². The van der Waals surface area contributed by atoms with Crippen LogP contribution >= 0.6 is 0 Å². The van der Waals surface area contributed by atoms with E-state index in [1.54, 1.807) is 32.9 Å². The number of hydrogen-bond acceptors (Lipinski definition) is 4. The molecule has 3 unspecified atom stereocenters. The molecule has 0 spiro atoms. The van der Waals surface area contributed by atoms with Crippen molar-refractivity contribution < 1.29 is 20.1 Å². The van der Waals surface area contributed by atoms with Gasteiger partial charge in [0.05, 0.1) is 23.9 Å². The van der Waals surface area contributed by atoms with Crippen LogP contribution in [-0.4, -0.2) is 22.4 Å². The van der Waals surface area contributed by atoms with Crippen molar-refractivity contribution in [2.75, 3.05) is 7.11 Å². The second-order valence-electron chi connectivity index (χ2n) is 6.99. The van der Waals surface area contributed by atoms with Crippen LogP contribution in [0.1, 0.15) is 77.5 Å². The minimum absolute atomic E-state index is 0.486. The highest BCUT2D eigenvalue weighted by Gasteiger charge is 2.35. The van der Waals surface area contributed by atoms with Gasteiger partial charge in [0.2, 0.25) is 0 Å². The third-order valence-electron chi connectivity index (χ3n) is 5.14. The fourth-order valence-electron chi connectivity index (χ4n) is 2.54. The summed E-state index contributed by atoms with van der Waals surface area (Å²) in [6, 6.07) is 3.59. The molecule has 4 heteroatoms. The maximum atomic E-state index is 10.8. The van der Waals surface area contributed by atoms with E-state index in [-0.39, 0.29) is 0 Å². The Labute approximate surface area is 140 Å². The summed E-state index contributed by atoms with van der Waals surface area (Å²) >= 11 is 0. The summed E-state index contributed by atoms with van der Waals surface area (Å²) in [5, 5.41) is 32.3. The van der Waals surface area contributed by atoms with Gasteiger partial charge in [0, 0.05) is 11.1 Å². The Bertz CT molecular complexity index is 507. The summed E-state index contributed by atoms with van der Waals surface area (Å²) in [5.41, 5.74) is -1.39. The van der Waals surface area contributed by atoms with Gasteiger partial charge in [0.25, 0.3) is 0 Å². The molecule has 0 saturated carbocycles. The highest BCUT2D eigenvalue weighted by Crippen LogP contribution is 2.43. The fraction of sp³-hybridized carbons (Fsp3) is 0.684. The van der Waals surface area contributed by atoms with Gasteiger partial charge in [-0.3, -0.25) is 0 Å². The first kappa shape index (κ1) is 19.9. The van der Waals surface area contributed by atoms with Gasteiger partial charge in [-0.2, -0.15) is 0 Å². The summed E-state index contributed by atoms with van der Waals surface area (Å²) in [5.74, 6) is 0.486. The molecule has 0 bridgehead atoms. The van der Waals surface area contributed by atoms with Gasteiger partial charge in [0.15, 0.2) is 0 Å². The molecule has 1 aromatic carbocycles. The Kier molecular flexibility index (Phi) is 5.89. The largest absolute Gasteiger partial charge is 0.496 e. The molecular formula is C19H32O4. The Morgan fingerprint density at radius 3 is 1.39 bits per heavy atom. The summed E-state index contributed by atoms with van der Waals surface area (Å²) in [7, 11) is 1.54.